The van der Waals surface area contributed by atoms with Gasteiger partial charge in [-0.2, -0.15) is 0 Å². The molecule has 0 aliphatic carbocycles. The Hall–Kier alpha value is -6.99. The normalized spacial score (nSPS) is 13.6. The molecule has 2 aromatic heterocycles. The standard InChI is InChI=1S/C54H30B2N2O2S2/c1-3-13-31(14-4-1)59-33-25-45-51-49(27-33)61-47-30-48-42(29-41(47)55(51)39-21-11-19-37-35-17-7-9-23-43(35)57(45)53(37)39)56-40-22-12-20-38-36-18-8-10-24-44(36)58(54(38)40)46-26-34(28-50(62-48)52(46)56)60-32-15-5-2-6-16-32/h1-30H. The maximum absolute atomic E-state index is 6.67. The first-order valence-corrected chi connectivity index (χ1v) is 22.8. The van der Waals surface area contributed by atoms with Crippen molar-refractivity contribution in [3.8, 4) is 34.4 Å². The van der Waals surface area contributed by atoms with Gasteiger partial charge in [0.2, 0.25) is 13.4 Å². The second-order valence-corrected chi connectivity index (χ2v) is 18.9. The maximum Gasteiger partial charge on any atom is 0.249 e. The summed E-state index contributed by atoms with van der Waals surface area (Å²) in [5.41, 5.74) is 15.5. The highest BCUT2D eigenvalue weighted by Crippen LogP contribution is 2.45. The van der Waals surface area contributed by atoms with Crippen molar-refractivity contribution in [3.63, 3.8) is 0 Å². The Morgan fingerprint density at radius 2 is 0.774 bits per heavy atom. The lowest BCUT2D eigenvalue weighted by Crippen LogP contribution is -2.62. The van der Waals surface area contributed by atoms with Crippen LogP contribution in [0.2, 0.25) is 0 Å². The van der Waals surface area contributed by atoms with Gasteiger partial charge in [0.15, 0.2) is 0 Å². The highest BCUT2D eigenvalue weighted by Gasteiger charge is 2.44. The number of hydrogen-bond donors (Lipinski definition) is 0. The molecule has 8 heteroatoms. The molecule has 62 heavy (non-hydrogen) atoms. The number of nitrogens with zero attached hydrogens (tertiary/aromatic N) is 2. The summed E-state index contributed by atoms with van der Waals surface area (Å²) in [6.45, 7) is 0.0948. The summed E-state index contributed by atoms with van der Waals surface area (Å²) < 4.78 is 18.3. The highest BCUT2D eigenvalue weighted by atomic mass is 32.2. The number of ether oxygens (including phenoxy) is 2. The molecule has 4 nitrogen and oxygen atoms in total. The topological polar surface area (TPSA) is 28.3 Å². The molecular formula is C54H30B2N2O2S2. The lowest BCUT2D eigenvalue weighted by molar-refractivity contribution is 0.481. The summed E-state index contributed by atoms with van der Waals surface area (Å²) >= 11 is 3.76. The van der Waals surface area contributed by atoms with E-state index in [4.69, 9.17) is 9.47 Å². The summed E-state index contributed by atoms with van der Waals surface area (Å²) in [7, 11) is 0. The molecule has 4 aliphatic heterocycles. The molecule has 0 unspecified atom stereocenters. The first-order valence-electron chi connectivity index (χ1n) is 21.1. The fourth-order valence-electron chi connectivity index (χ4n) is 11.1. The molecule has 11 aromatic rings. The highest BCUT2D eigenvalue weighted by molar-refractivity contribution is 8.01. The molecule has 0 saturated heterocycles. The summed E-state index contributed by atoms with van der Waals surface area (Å²) in [6.07, 6.45) is 0. The van der Waals surface area contributed by atoms with E-state index in [-0.39, 0.29) is 13.4 Å². The molecule has 0 radical (unpaired) electrons. The van der Waals surface area contributed by atoms with E-state index >= 15 is 0 Å². The van der Waals surface area contributed by atoms with Gasteiger partial charge in [-0.05, 0) is 76.4 Å². The van der Waals surface area contributed by atoms with Crippen molar-refractivity contribution in [2.45, 2.75) is 19.6 Å². The minimum absolute atomic E-state index is 0.0474. The van der Waals surface area contributed by atoms with Gasteiger partial charge in [0.1, 0.15) is 23.0 Å². The molecule has 0 fully saturated rings. The minimum Gasteiger partial charge on any atom is -0.457 e. The molecular weight excluding hydrogens is 794 g/mol. The van der Waals surface area contributed by atoms with Crippen LogP contribution in [0.3, 0.4) is 0 Å². The number of benzene rings is 9. The van der Waals surface area contributed by atoms with Crippen molar-refractivity contribution < 1.29 is 9.47 Å². The van der Waals surface area contributed by atoms with Crippen molar-refractivity contribution in [2.75, 3.05) is 0 Å². The fourth-order valence-corrected chi connectivity index (χ4v) is 13.6. The molecule has 0 N–H and O–H groups in total. The van der Waals surface area contributed by atoms with Gasteiger partial charge >= 0.3 is 0 Å². The number of rotatable bonds is 4. The van der Waals surface area contributed by atoms with Crippen molar-refractivity contribution in [1.29, 1.82) is 0 Å². The van der Waals surface area contributed by atoms with Gasteiger partial charge in [0, 0.05) is 75.7 Å². The predicted molar refractivity (Wildman–Crippen MR) is 259 cm³/mol. The van der Waals surface area contributed by atoms with Crippen LogP contribution in [-0.4, -0.2) is 22.6 Å². The van der Waals surface area contributed by atoms with E-state index in [1.54, 1.807) is 0 Å². The van der Waals surface area contributed by atoms with Crippen molar-refractivity contribution >= 4 is 113 Å². The minimum atomic E-state index is 0.0474. The van der Waals surface area contributed by atoms with Gasteiger partial charge in [-0.1, -0.05) is 150 Å². The number of para-hydroxylation sites is 6. The number of fused-ring (bicyclic) bond motifs is 14. The predicted octanol–water partition coefficient (Wildman–Crippen LogP) is 10.1. The monoisotopic (exact) mass is 824 g/mol. The zero-order valence-corrected chi connectivity index (χ0v) is 34.6. The third-order valence-electron chi connectivity index (χ3n) is 13.5. The van der Waals surface area contributed by atoms with Gasteiger partial charge < -0.3 is 18.6 Å². The quantitative estimate of drug-likeness (QED) is 0.165. The van der Waals surface area contributed by atoms with E-state index in [0.29, 0.717) is 0 Å². The van der Waals surface area contributed by atoms with E-state index in [1.165, 1.54) is 107 Å². The summed E-state index contributed by atoms with van der Waals surface area (Å²) in [5, 5.41) is 5.11. The summed E-state index contributed by atoms with van der Waals surface area (Å²) in [5.74, 6) is 3.35. The molecule has 0 atom stereocenters. The SMILES string of the molecule is c1ccc(Oc2cc3c4c(c2)-n2c5ccccc5c5cccc(c52)B4c2cc4c(cc2S3)Sc2cc(Oc3ccccc3)cc3c2B4c2cccc4c5ccccc5n-3c24)cc1. The molecule has 0 amide bonds. The Balaban J connectivity index is 0.995. The molecule has 6 heterocycles. The lowest BCUT2D eigenvalue weighted by Gasteiger charge is -2.37. The van der Waals surface area contributed by atoms with Crippen LogP contribution < -0.4 is 42.3 Å². The van der Waals surface area contributed by atoms with Crippen LogP contribution in [0, 0.1) is 0 Å². The van der Waals surface area contributed by atoms with Crippen LogP contribution in [-0.2, 0) is 0 Å². The van der Waals surface area contributed by atoms with Crippen LogP contribution in [0.4, 0.5) is 0 Å². The second kappa shape index (κ2) is 12.3. The Morgan fingerprint density at radius 3 is 1.26 bits per heavy atom. The Labute approximate surface area is 365 Å². The zero-order valence-electron chi connectivity index (χ0n) is 33.0. The van der Waals surface area contributed by atoms with Crippen LogP contribution in [0.5, 0.6) is 23.0 Å². The Bertz CT molecular complexity index is 3540. The van der Waals surface area contributed by atoms with Crippen molar-refractivity contribution in [1.82, 2.24) is 9.13 Å². The van der Waals surface area contributed by atoms with E-state index in [9.17, 15) is 0 Å². The number of aromatic nitrogens is 2. The Kier molecular flexibility index (Phi) is 6.69. The van der Waals surface area contributed by atoms with Crippen LogP contribution in [0.1, 0.15) is 0 Å². The second-order valence-electron chi connectivity index (χ2n) is 16.7. The fraction of sp³-hybridized carbons (Fsp3) is 0. The molecule has 0 bridgehead atoms. The molecule has 4 aliphatic rings. The smallest absolute Gasteiger partial charge is 0.249 e. The van der Waals surface area contributed by atoms with E-state index < -0.39 is 0 Å². The molecule has 0 saturated carbocycles. The molecule has 9 aromatic carbocycles. The molecule has 286 valence electrons. The van der Waals surface area contributed by atoms with Gasteiger partial charge in [-0.25, -0.2) is 0 Å². The van der Waals surface area contributed by atoms with Crippen LogP contribution >= 0.6 is 23.5 Å². The first kappa shape index (κ1) is 33.7. The third-order valence-corrected chi connectivity index (χ3v) is 15.7. The van der Waals surface area contributed by atoms with Gasteiger partial charge in [0.25, 0.3) is 0 Å². The first-order chi connectivity index (χ1) is 30.7. The lowest BCUT2D eigenvalue weighted by atomic mass is 9.32. The third kappa shape index (κ3) is 4.47. The van der Waals surface area contributed by atoms with Gasteiger partial charge in [-0.3, -0.25) is 0 Å². The molecule has 0 spiro atoms. The average Bonchev–Trinajstić information content (AvgIpc) is 3.83. The van der Waals surface area contributed by atoms with Crippen molar-refractivity contribution in [3.05, 3.63) is 182 Å². The maximum atomic E-state index is 6.67. The van der Waals surface area contributed by atoms with Crippen LogP contribution in [0.25, 0.3) is 55.0 Å². The van der Waals surface area contributed by atoms with Gasteiger partial charge in [-0.15, -0.1) is 0 Å². The zero-order chi connectivity index (χ0) is 40.2. The summed E-state index contributed by atoms with van der Waals surface area (Å²) in [4.78, 5) is 5.06. The largest absolute Gasteiger partial charge is 0.457 e. The average molecular weight is 825 g/mol. The summed E-state index contributed by atoms with van der Waals surface area (Å²) in [6, 6.07) is 66.1. The number of hydrogen-bond acceptors (Lipinski definition) is 4. The van der Waals surface area contributed by atoms with Crippen LogP contribution in [0.15, 0.2) is 202 Å². The van der Waals surface area contributed by atoms with E-state index in [1.807, 2.05) is 84.2 Å². The van der Waals surface area contributed by atoms with Crippen molar-refractivity contribution in [2.24, 2.45) is 0 Å². The van der Waals surface area contributed by atoms with E-state index in [0.717, 1.165) is 23.0 Å². The molecule has 15 rings (SSSR count). The van der Waals surface area contributed by atoms with Gasteiger partial charge in [0.05, 0.1) is 11.0 Å². The van der Waals surface area contributed by atoms with E-state index in [2.05, 4.69) is 130 Å². The Morgan fingerprint density at radius 1 is 0.339 bits per heavy atom.